The van der Waals surface area contributed by atoms with E-state index < -0.39 is 5.82 Å². The SMILES string of the molecule is CC(C)(C)[C@H](N)c1ccc(F)c(Cl)c1. The summed E-state index contributed by atoms with van der Waals surface area (Å²) in [5, 5.41) is 0.127. The molecule has 1 aromatic carbocycles. The van der Waals surface area contributed by atoms with E-state index in [1.54, 1.807) is 12.1 Å². The van der Waals surface area contributed by atoms with Gasteiger partial charge in [0, 0.05) is 6.04 Å². The standard InChI is InChI=1S/C11H15ClFN/c1-11(2,3)10(14)7-4-5-9(13)8(12)6-7/h4-6,10H,14H2,1-3H3/t10-/m1/s1. The van der Waals surface area contributed by atoms with Crippen LogP contribution in [0.25, 0.3) is 0 Å². The molecule has 0 amide bonds. The Hall–Kier alpha value is -0.600. The summed E-state index contributed by atoms with van der Waals surface area (Å²) in [4.78, 5) is 0. The van der Waals surface area contributed by atoms with Crippen molar-refractivity contribution in [2.24, 2.45) is 11.1 Å². The molecule has 0 unspecified atom stereocenters. The van der Waals surface area contributed by atoms with Crippen LogP contribution in [-0.2, 0) is 0 Å². The van der Waals surface area contributed by atoms with Gasteiger partial charge < -0.3 is 5.73 Å². The van der Waals surface area contributed by atoms with Gasteiger partial charge in [0.05, 0.1) is 5.02 Å². The van der Waals surface area contributed by atoms with Crippen molar-refractivity contribution in [1.82, 2.24) is 0 Å². The fourth-order valence-electron chi connectivity index (χ4n) is 1.21. The fourth-order valence-corrected chi connectivity index (χ4v) is 1.39. The molecule has 2 N–H and O–H groups in total. The highest BCUT2D eigenvalue weighted by atomic mass is 35.5. The Balaban J connectivity index is 3.03. The minimum absolute atomic E-state index is 0.0544. The average molecular weight is 216 g/mol. The number of nitrogens with two attached hydrogens (primary N) is 1. The lowest BCUT2D eigenvalue weighted by molar-refractivity contribution is 0.327. The predicted octanol–water partition coefficient (Wildman–Crippen LogP) is 3.53. The average Bonchev–Trinajstić information content (AvgIpc) is 2.07. The van der Waals surface area contributed by atoms with E-state index in [2.05, 4.69) is 0 Å². The topological polar surface area (TPSA) is 26.0 Å². The fraction of sp³-hybridized carbons (Fsp3) is 0.455. The first-order valence-electron chi connectivity index (χ1n) is 4.53. The van der Waals surface area contributed by atoms with E-state index in [-0.39, 0.29) is 16.5 Å². The highest BCUT2D eigenvalue weighted by molar-refractivity contribution is 6.30. The quantitative estimate of drug-likeness (QED) is 0.762. The third-order valence-electron chi connectivity index (χ3n) is 2.24. The largest absolute Gasteiger partial charge is 0.324 e. The van der Waals surface area contributed by atoms with E-state index in [0.29, 0.717) is 0 Å². The first kappa shape index (κ1) is 11.5. The molecule has 0 fully saturated rings. The zero-order chi connectivity index (χ0) is 10.9. The Morgan fingerprint density at radius 2 is 1.93 bits per heavy atom. The maximum Gasteiger partial charge on any atom is 0.141 e. The first-order valence-corrected chi connectivity index (χ1v) is 4.90. The molecule has 14 heavy (non-hydrogen) atoms. The summed E-state index contributed by atoms with van der Waals surface area (Å²) >= 11 is 5.68. The molecule has 0 aliphatic heterocycles. The van der Waals surface area contributed by atoms with Crippen LogP contribution in [0, 0.1) is 11.2 Å². The summed E-state index contributed by atoms with van der Waals surface area (Å²) in [7, 11) is 0. The van der Waals surface area contributed by atoms with Crippen LogP contribution < -0.4 is 5.73 Å². The van der Waals surface area contributed by atoms with E-state index in [0.717, 1.165) is 5.56 Å². The lowest BCUT2D eigenvalue weighted by atomic mass is 9.83. The number of benzene rings is 1. The summed E-state index contributed by atoms with van der Waals surface area (Å²) in [6, 6.07) is 4.48. The molecule has 1 aromatic rings. The van der Waals surface area contributed by atoms with Crippen molar-refractivity contribution in [3.05, 3.63) is 34.6 Å². The van der Waals surface area contributed by atoms with Gasteiger partial charge in [-0.3, -0.25) is 0 Å². The second-order valence-electron chi connectivity index (χ2n) is 4.52. The highest BCUT2D eigenvalue weighted by Gasteiger charge is 2.22. The highest BCUT2D eigenvalue weighted by Crippen LogP contribution is 2.31. The van der Waals surface area contributed by atoms with Gasteiger partial charge in [0.2, 0.25) is 0 Å². The molecular weight excluding hydrogens is 201 g/mol. The molecule has 0 bridgehead atoms. The minimum atomic E-state index is -0.406. The zero-order valence-electron chi connectivity index (χ0n) is 8.64. The van der Waals surface area contributed by atoms with Gasteiger partial charge in [-0.1, -0.05) is 38.4 Å². The molecule has 0 spiro atoms. The summed E-state index contributed by atoms with van der Waals surface area (Å²) < 4.78 is 12.9. The smallest absolute Gasteiger partial charge is 0.141 e. The van der Waals surface area contributed by atoms with Gasteiger partial charge in [-0.2, -0.15) is 0 Å². The molecule has 0 saturated heterocycles. The second kappa shape index (κ2) is 3.87. The van der Waals surface area contributed by atoms with Crippen LogP contribution in [0.2, 0.25) is 5.02 Å². The Morgan fingerprint density at radius 3 is 2.36 bits per heavy atom. The molecule has 1 nitrogen and oxygen atoms in total. The lowest BCUT2D eigenvalue weighted by Crippen LogP contribution is -2.26. The van der Waals surface area contributed by atoms with Crippen LogP contribution in [0.4, 0.5) is 4.39 Å². The Labute approximate surface area is 89.1 Å². The number of rotatable bonds is 1. The summed E-state index contributed by atoms with van der Waals surface area (Å²) in [6.07, 6.45) is 0. The van der Waals surface area contributed by atoms with E-state index in [4.69, 9.17) is 17.3 Å². The van der Waals surface area contributed by atoms with Crippen molar-refractivity contribution in [1.29, 1.82) is 0 Å². The maximum atomic E-state index is 12.9. The van der Waals surface area contributed by atoms with Crippen molar-refractivity contribution in [2.75, 3.05) is 0 Å². The minimum Gasteiger partial charge on any atom is -0.324 e. The molecule has 1 rings (SSSR count). The van der Waals surface area contributed by atoms with Crippen molar-refractivity contribution >= 4 is 11.6 Å². The monoisotopic (exact) mass is 215 g/mol. The van der Waals surface area contributed by atoms with Crippen molar-refractivity contribution in [2.45, 2.75) is 26.8 Å². The van der Waals surface area contributed by atoms with E-state index in [9.17, 15) is 4.39 Å². The van der Waals surface area contributed by atoms with Crippen molar-refractivity contribution in [3.63, 3.8) is 0 Å². The lowest BCUT2D eigenvalue weighted by Gasteiger charge is -2.27. The number of halogens is 2. The summed E-state index contributed by atoms with van der Waals surface area (Å²) in [5.74, 6) is -0.406. The van der Waals surface area contributed by atoms with Crippen LogP contribution in [0.3, 0.4) is 0 Å². The number of hydrogen-bond acceptors (Lipinski definition) is 1. The van der Waals surface area contributed by atoms with Crippen LogP contribution in [0.15, 0.2) is 18.2 Å². The molecular formula is C11H15ClFN. The molecule has 0 aromatic heterocycles. The predicted molar refractivity (Wildman–Crippen MR) is 57.8 cm³/mol. The van der Waals surface area contributed by atoms with E-state index in [1.807, 2.05) is 20.8 Å². The normalized spacial score (nSPS) is 14.1. The molecule has 1 atom stereocenters. The molecule has 0 aliphatic rings. The third kappa shape index (κ3) is 2.46. The third-order valence-corrected chi connectivity index (χ3v) is 2.53. The van der Waals surface area contributed by atoms with Crippen molar-refractivity contribution in [3.8, 4) is 0 Å². The Morgan fingerprint density at radius 1 is 1.36 bits per heavy atom. The van der Waals surface area contributed by atoms with Gasteiger partial charge >= 0.3 is 0 Å². The van der Waals surface area contributed by atoms with Crippen LogP contribution in [0.1, 0.15) is 32.4 Å². The molecule has 78 valence electrons. The molecule has 0 radical (unpaired) electrons. The molecule has 0 aliphatic carbocycles. The van der Waals surface area contributed by atoms with E-state index >= 15 is 0 Å². The number of hydrogen-bond donors (Lipinski definition) is 1. The van der Waals surface area contributed by atoms with Gasteiger partial charge in [0.15, 0.2) is 0 Å². The van der Waals surface area contributed by atoms with Gasteiger partial charge in [-0.15, -0.1) is 0 Å². The van der Waals surface area contributed by atoms with Crippen LogP contribution in [0.5, 0.6) is 0 Å². The Kier molecular flexibility index (Phi) is 3.17. The van der Waals surface area contributed by atoms with Gasteiger partial charge in [0.25, 0.3) is 0 Å². The zero-order valence-corrected chi connectivity index (χ0v) is 9.40. The van der Waals surface area contributed by atoms with Gasteiger partial charge in [-0.25, -0.2) is 4.39 Å². The molecule has 0 saturated carbocycles. The first-order chi connectivity index (χ1) is 6.32. The van der Waals surface area contributed by atoms with Gasteiger partial charge in [-0.05, 0) is 23.1 Å². The molecule has 0 heterocycles. The van der Waals surface area contributed by atoms with Crippen LogP contribution in [-0.4, -0.2) is 0 Å². The van der Waals surface area contributed by atoms with E-state index in [1.165, 1.54) is 6.07 Å². The Bertz CT molecular complexity index is 331. The second-order valence-corrected chi connectivity index (χ2v) is 4.92. The van der Waals surface area contributed by atoms with Gasteiger partial charge in [0.1, 0.15) is 5.82 Å². The molecule has 3 heteroatoms. The summed E-state index contributed by atoms with van der Waals surface area (Å²) in [6.45, 7) is 6.11. The maximum absolute atomic E-state index is 12.9. The van der Waals surface area contributed by atoms with Crippen molar-refractivity contribution < 1.29 is 4.39 Å². The van der Waals surface area contributed by atoms with Crippen LogP contribution >= 0.6 is 11.6 Å². The summed E-state index contributed by atoms with van der Waals surface area (Å²) in [5.41, 5.74) is 6.82.